The summed E-state index contributed by atoms with van der Waals surface area (Å²) in [5.41, 5.74) is 0. The van der Waals surface area contributed by atoms with Gasteiger partial charge in [0.05, 0.1) is 0 Å². The number of allylic oxidation sites excluding steroid dienone is 12. The first-order valence-corrected chi connectivity index (χ1v) is 36.4. The van der Waals surface area contributed by atoms with E-state index in [4.69, 9.17) is 14.2 Å². The maximum atomic E-state index is 13.0. The maximum Gasteiger partial charge on any atom is 0.306 e. The van der Waals surface area contributed by atoms with E-state index in [9.17, 15) is 14.4 Å². The highest BCUT2D eigenvalue weighted by atomic mass is 16.6. The van der Waals surface area contributed by atoms with Gasteiger partial charge in [-0.2, -0.15) is 0 Å². The molecule has 0 saturated heterocycles. The molecule has 83 heavy (non-hydrogen) atoms. The zero-order valence-corrected chi connectivity index (χ0v) is 55.5. The molecule has 6 nitrogen and oxygen atoms in total. The normalized spacial score (nSPS) is 12.5. The minimum Gasteiger partial charge on any atom is -0.462 e. The number of hydrogen-bond donors (Lipinski definition) is 0. The number of carbonyl (C=O) groups is 3. The molecular weight excluding hydrogens is 1020 g/mol. The van der Waals surface area contributed by atoms with Gasteiger partial charge in [-0.1, -0.05) is 344 Å². The zero-order chi connectivity index (χ0) is 59.9. The van der Waals surface area contributed by atoms with Crippen LogP contribution >= 0.6 is 0 Å². The van der Waals surface area contributed by atoms with E-state index in [0.717, 1.165) is 96.3 Å². The monoisotopic (exact) mass is 1160 g/mol. The molecule has 0 N–H and O–H groups in total. The van der Waals surface area contributed by atoms with Crippen LogP contribution in [0.4, 0.5) is 0 Å². The maximum absolute atomic E-state index is 13.0. The molecule has 0 aliphatic rings. The lowest BCUT2D eigenvalue weighted by molar-refractivity contribution is -0.167. The smallest absolute Gasteiger partial charge is 0.306 e. The second kappa shape index (κ2) is 71.3. The van der Waals surface area contributed by atoms with Gasteiger partial charge in [-0.15, -0.1) is 0 Å². The molecule has 482 valence electrons. The van der Waals surface area contributed by atoms with Crippen molar-refractivity contribution in [2.75, 3.05) is 13.2 Å². The van der Waals surface area contributed by atoms with Crippen LogP contribution in [0.5, 0.6) is 0 Å². The summed E-state index contributed by atoms with van der Waals surface area (Å²) in [5, 5.41) is 0. The molecular formula is C77H138O6. The highest BCUT2D eigenvalue weighted by Gasteiger charge is 2.19. The Kier molecular flexibility index (Phi) is 68.6. The van der Waals surface area contributed by atoms with Gasteiger partial charge in [0.25, 0.3) is 0 Å². The van der Waals surface area contributed by atoms with E-state index in [2.05, 4.69) is 93.7 Å². The molecule has 6 heteroatoms. The molecule has 0 radical (unpaired) electrons. The lowest BCUT2D eigenvalue weighted by atomic mass is 10.0. The van der Waals surface area contributed by atoms with E-state index in [1.807, 2.05) is 0 Å². The first-order valence-electron chi connectivity index (χ1n) is 36.4. The summed E-state index contributed by atoms with van der Waals surface area (Å²) >= 11 is 0. The summed E-state index contributed by atoms with van der Waals surface area (Å²) in [7, 11) is 0. The third-order valence-electron chi connectivity index (χ3n) is 16.2. The summed E-state index contributed by atoms with van der Waals surface area (Å²) in [6.07, 6.45) is 93.7. The Bertz CT molecular complexity index is 1520. The van der Waals surface area contributed by atoms with Gasteiger partial charge < -0.3 is 14.2 Å². The van der Waals surface area contributed by atoms with Crippen molar-refractivity contribution in [3.8, 4) is 0 Å². The number of hydrogen-bond acceptors (Lipinski definition) is 6. The average molecular weight is 1160 g/mol. The van der Waals surface area contributed by atoms with E-state index in [0.29, 0.717) is 19.3 Å². The van der Waals surface area contributed by atoms with Crippen molar-refractivity contribution in [1.29, 1.82) is 0 Å². The second-order valence-corrected chi connectivity index (χ2v) is 24.5. The van der Waals surface area contributed by atoms with Crippen molar-refractivity contribution >= 4 is 17.9 Å². The zero-order valence-electron chi connectivity index (χ0n) is 55.5. The van der Waals surface area contributed by atoms with Crippen LogP contribution in [0, 0.1) is 0 Å². The minimum atomic E-state index is -0.777. The van der Waals surface area contributed by atoms with E-state index < -0.39 is 6.10 Å². The lowest BCUT2D eigenvalue weighted by Crippen LogP contribution is -2.30. The standard InChI is InChI=1S/C77H138O6/c1-4-7-10-13-16-19-22-24-26-28-30-32-34-36-37-38-39-41-42-44-46-48-50-52-55-58-61-64-67-70-76(79)82-73-74(72-81-75(78)69-66-63-60-57-54-21-18-15-12-9-6-3)83-77(80)71-68-65-62-59-56-53-51-49-47-45-43-40-35-33-31-29-27-25-23-20-17-14-11-8-5-2/h8,11,17,20,25,27-28,30-31,33,40,43,74H,4-7,9-10,12-16,18-19,21-24,26,29,32,34-39,41-42,44-73H2,1-3H3/b11-8-,20-17-,27-25-,30-28-,33-31-,43-40-. The third-order valence-corrected chi connectivity index (χ3v) is 16.2. The molecule has 0 saturated carbocycles. The average Bonchev–Trinajstić information content (AvgIpc) is 3.48. The molecule has 0 rings (SSSR count). The third kappa shape index (κ3) is 69.5. The fourth-order valence-electron chi connectivity index (χ4n) is 10.8. The van der Waals surface area contributed by atoms with Crippen molar-refractivity contribution < 1.29 is 28.6 Å². The predicted octanol–water partition coefficient (Wildman–Crippen LogP) is 25.2. The van der Waals surface area contributed by atoms with Crippen LogP contribution in [0.25, 0.3) is 0 Å². The van der Waals surface area contributed by atoms with E-state index in [-0.39, 0.29) is 31.1 Å². The Balaban J connectivity index is 4.18. The van der Waals surface area contributed by atoms with Crippen molar-refractivity contribution in [1.82, 2.24) is 0 Å². The summed E-state index contributed by atoms with van der Waals surface area (Å²) in [4.78, 5) is 38.4. The van der Waals surface area contributed by atoms with Crippen molar-refractivity contribution in [2.45, 2.75) is 386 Å². The number of ether oxygens (including phenoxy) is 3. The Labute approximate surface area is 516 Å². The Morgan fingerprint density at radius 3 is 0.747 bits per heavy atom. The quantitative estimate of drug-likeness (QED) is 0.0261. The Morgan fingerprint density at radius 2 is 0.470 bits per heavy atom. The summed E-state index contributed by atoms with van der Waals surface area (Å²) in [6.45, 7) is 6.57. The van der Waals surface area contributed by atoms with Gasteiger partial charge in [-0.3, -0.25) is 14.4 Å². The number of carbonyl (C=O) groups excluding carboxylic acids is 3. The van der Waals surface area contributed by atoms with E-state index in [1.54, 1.807) is 0 Å². The molecule has 0 aromatic carbocycles. The number of unbranched alkanes of at least 4 members (excludes halogenated alkanes) is 44. The van der Waals surface area contributed by atoms with Crippen LogP contribution in [0.3, 0.4) is 0 Å². The van der Waals surface area contributed by atoms with Crippen LogP contribution in [0.1, 0.15) is 380 Å². The van der Waals surface area contributed by atoms with Crippen LogP contribution < -0.4 is 0 Å². The first-order chi connectivity index (χ1) is 41.0. The second-order valence-electron chi connectivity index (χ2n) is 24.5. The largest absolute Gasteiger partial charge is 0.462 e. The van der Waals surface area contributed by atoms with Gasteiger partial charge in [0, 0.05) is 19.3 Å². The molecule has 0 aromatic heterocycles. The summed E-state index contributed by atoms with van der Waals surface area (Å²) in [6, 6.07) is 0. The molecule has 0 aromatic rings. The molecule has 0 aliphatic heterocycles. The Hall–Kier alpha value is -3.15. The molecule has 1 unspecified atom stereocenters. The van der Waals surface area contributed by atoms with Crippen molar-refractivity contribution in [3.05, 3.63) is 72.9 Å². The fourth-order valence-corrected chi connectivity index (χ4v) is 10.8. The van der Waals surface area contributed by atoms with Crippen molar-refractivity contribution in [3.63, 3.8) is 0 Å². The lowest BCUT2D eigenvalue weighted by Gasteiger charge is -2.18. The number of rotatable bonds is 67. The summed E-state index contributed by atoms with van der Waals surface area (Å²) < 4.78 is 17.0. The van der Waals surface area contributed by atoms with Gasteiger partial charge in [0.15, 0.2) is 6.10 Å². The molecule has 0 amide bonds. The van der Waals surface area contributed by atoms with Crippen LogP contribution in [-0.2, 0) is 28.6 Å². The molecule has 0 fully saturated rings. The van der Waals surface area contributed by atoms with Crippen LogP contribution in [0.2, 0.25) is 0 Å². The van der Waals surface area contributed by atoms with Gasteiger partial charge in [0.2, 0.25) is 0 Å². The fraction of sp³-hybridized carbons (Fsp3) is 0.805. The van der Waals surface area contributed by atoms with Crippen molar-refractivity contribution in [2.24, 2.45) is 0 Å². The van der Waals surface area contributed by atoms with Crippen LogP contribution in [-0.4, -0.2) is 37.2 Å². The molecule has 0 bridgehead atoms. The van der Waals surface area contributed by atoms with Gasteiger partial charge >= 0.3 is 17.9 Å². The molecule has 0 aliphatic carbocycles. The SMILES string of the molecule is CC/C=C\C/C=C\C/C=C\C/C=C\C/C=C\CCCCCCCCCCCC(=O)OC(COC(=O)CCCCCCCCCCCCC)COC(=O)CCCCCCCCCCCCCCCCCCC/C=C\CCCCCCCCCC. The number of esters is 3. The van der Waals surface area contributed by atoms with E-state index in [1.165, 1.54) is 244 Å². The first kappa shape index (κ1) is 79.8. The highest BCUT2D eigenvalue weighted by Crippen LogP contribution is 2.18. The topological polar surface area (TPSA) is 78.9 Å². The van der Waals surface area contributed by atoms with E-state index >= 15 is 0 Å². The Morgan fingerprint density at radius 1 is 0.253 bits per heavy atom. The minimum absolute atomic E-state index is 0.0731. The van der Waals surface area contributed by atoms with Gasteiger partial charge in [-0.05, 0) is 89.9 Å². The molecule has 0 spiro atoms. The van der Waals surface area contributed by atoms with Gasteiger partial charge in [-0.25, -0.2) is 0 Å². The molecule has 0 heterocycles. The van der Waals surface area contributed by atoms with Gasteiger partial charge in [0.1, 0.15) is 13.2 Å². The predicted molar refractivity (Wildman–Crippen MR) is 362 cm³/mol. The summed E-state index contributed by atoms with van der Waals surface area (Å²) in [5.74, 6) is -0.857. The highest BCUT2D eigenvalue weighted by molar-refractivity contribution is 5.71. The van der Waals surface area contributed by atoms with Crippen LogP contribution in [0.15, 0.2) is 72.9 Å². The molecule has 1 atom stereocenters.